The summed E-state index contributed by atoms with van der Waals surface area (Å²) >= 11 is 7.03. The average molecular weight is 352 g/mol. The molecule has 1 N–H and O–H groups in total. The molecular formula is C17H18ClNO3S. The van der Waals surface area contributed by atoms with E-state index in [1.54, 1.807) is 18.2 Å². The Balaban J connectivity index is 1.93. The van der Waals surface area contributed by atoms with E-state index in [1.165, 1.54) is 11.3 Å². The van der Waals surface area contributed by atoms with Crippen LogP contribution in [0, 0.1) is 6.92 Å². The van der Waals surface area contributed by atoms with E-state index < -0.39 is 0 Å². The third-order valence-corrected chi connectivity index (χ3v) is 4.41. The lowest BCUT2D eigenvalue weighted by Gasteiger charge is -2.12. The maximum absolute atomic E-state index is 12.1. The van der Waals surface area contributed by atoms with Gasteiger partial charge < -0.3 is 10.1 Å². The molecule has 1 aromatic carbocycles. The van der Waals surface area contributed by atoms with Crippen LogP contribution in [-0.2, 0) is 4.79 Å². The van der Waals surface area contributed by atoms with Crippen LogP contribution in [0.4, 0.5) is 5.69 Å². The number of rotatable bonds is 7. The van der Waals surface area contributed by atoms with Crippen molar-refractivity contribution in [3.63, 3.8) is 0 Å². The summed E-state index contributed by atoms with van der Waals surface area (Å²) in [4.78, 5) is 24.6. The lowest BCUT2D eigenvalue weighted by atomic mass is 10.1. The highest BCUT2D eigenvalue weighted by Gasteiger charge is 2.13. The minimum absolute atomic E-state index is 0.0778. The van der Waals surface area contributed by atoms with E-state index in [0.717, 1.165) is 5.56 Å². The first-order valence-corrected chi connectivity index (χ1v) is 8.51. The number of hydrogen-bond donors (Lipinski definition) is 1. The first-order chi connectivity index (χ1) is 11.0. The lowest BCUT2D eigenvalue weighted by molar-refractivity contribution is -0.116. The number of aryl methyl sites for hydroxylation is 1. The second-order valence-electron chi connectivity index (χ2n) is 5.01. The molecule has 6 heteroatoms. The van der Waals surface area contributed by atoms with Crippen LogP contribution in [0.25, 0.3) is 0 Å². The van der Waals surface area contributed by atoms with Crippen molar-refractivity contribution in [2.45, 2.75) is 26.7 Å². The third-order valence-electron chi connectivity index (χ3n) is 3.14. The Hall–Kier alpha value is -1.85. The molecule has 2 rings (SSSR count). The average Bonchev–Trinajstić information content (AvgIpc) is 2.94. The molecule has 0 atom stereocenters. The monoisotopic (exact) mass is 351 g/mol. The van der Waals surface area contributed by atoms with Crippen LogP contribution in [0.3, 0.4) is 0 Å². The van der Waals surface area contributed by atoms with E-state index >= 15 is 0 Å². The van der Waals surface area contributed by atoms with Gasteiger partial charge in [-0.2, -0.15) is 0 Å². The number of carbonyl (C=O) groups excluding carboxylic acids is 2. The van der Waals surface area contributed by atoms with Gasteiger partial charge in [-0.05, 0) is 43.7 Å². The summed E-state index contributed by atoms with van der Waals surface area (Å²) in [7, 11) is 0. The number of Topliss-reactive ketones (excluding diaryl/α,β-unsaturated/α-hetero) is 1. The van der Waals surface area contributed by atoms with Gasteiger partial charge in [0.15, 0.2) is 5.78 Å². The molecule has 0 unspecified atom stereocenters. The first-order valence-electron chi connectivity index (χ1n) is 7.31. The van der Waals surface area contributed by atoms with Gasteiger partial charge in [0, 0.05) is 12.8 Å². The van der Waals surface area contributed by atoms with E-state index in [1.807, 2.05) is 26.0 Å². The van der Waals surface area contributed by atoms with Crippen LogP contribution >= 0.6 is 22.9 Å². The van der Waals surface area contributed by atoms with Gasteiger partial charge in [-0.15, -0.1) is 11.3 Å². The van der Waals surface area contributed by atoms with Crippen molar-refractivity contribution in [1.29, 1.82) is 0 Å². The zero-order chi connectivity index (χ0) is 16.8. The smallest absolute Gasteiger partial charge is 0.224 e. The molecule has 0 spiro atoms. The number of amides is 1. The molecule has 0 bridgehead atoms. The normalized spacial score (nSPS) is 10.4. The maximum atomic E-state index is 12.1. The van der Waals surface area contributed by atoms with Crippen LogP contribution in [0.15, 0.2) is 30.3 Å². The summed E-state index contributed by atoms with van der Waals surface area (Å²) in [6.45, 7) is 4.36. The largest absolute Gasteiger partial charge is 0.492 e. The van der Waals surface area contributed by atoms with E-state index in [-0.39, 0.29) is 24.5 Å². The van der Waals surface area contributed by atoms with Crippen LogP contribution in [0.1, 0.15) is 35.0 Å². The number of anilines is 1. The molecule has 1 aromatic heterocycles. The van der Waals surface area contributed by atoms with Gasteiger partial charge >= 0.3 is 0 Å². The molecule has 2 aromatic rings. The van der Waals surface area contributed by atoms with Crippen LogP contribution < -0.4 is 10.1 Å². The molecule has 0 fully saturated rings. The van der Waals surface area contributed by atoms with Crippen LogP contribution in [0.2, 0.25) is 4.34 Å². The number of nitrogens with one attached hydrogen (secondary N) is 1. The van der Waals surface area contributed by atoms with E-state index in [2.05, 4.69) is 5.32 Å². The molecule has 0 aliphatic carbocycles. The Morgan fingerprint density at radius 2 is 2.00 bits per heavy atom. The molecule has 0 saturated carbocycles. The zero-order valence-corrected chi connectivity index (χ0v) is 14.6. The molecule has 1 amide bonds. The van der Waals surface area contributed by atoms with E-state index in [0.29, 0.717) is 27.3 Å². The fraction of sp³-hybridized carbons (Fsp3) is 0.294. The van der Waals surface area contributed by atoms with Crippen molar-refractivity contribution < 1.29 is 14.3 Å². The number of hydrogen-bond acceptors (Lipinski definition) is 4. The minimum Gasteiger partial charge on any atom is -0.492 e. The van der Waals surface area contributed by atoms with Gasteiger partial charge in [0.2, 0.25) is 5.91 Å². The number of halogens is 1. The van der Waals surface area contributed by atoms with E-state index in [9.17, 15) is 9.59 Å². The summed E-state index contributed by atoms with van der Waals surface area (Å²) in [5.74, 6) is 0.342. The summed E-state index contributed by atoms with van der Waals surface area (Å²) < 4.78 is 6.09. The third kappa shape index (κ3) is 5.08. The van der Waals surface area contributed by atoms with Gasteiger partial charge in [-0.1, -0.05) is 17.7 Å². The second kappa shape index (κ2) is 8.13. The number of thiophene rings is 1. The zero-order valence-electron chi connectivity index (χ0n) is 13.0. The number of benzene rings is 1. The SMILES string of the molecule is CCOc1cc(C)ccc1NC(=O)CCC(=O)c1ccc(Cl)s1. The molecule has 1 heterocycles. The fourth-order valence-electron chi connectivity index (χ4n) is 2.03. The quantitative estimate of drug-likeness (QED) is 0.735. The molecule has 0 saturated heterocycles. The first kappa shape index (κ1) is 17.5. The Labute approximate surface area is 144 Å². The molecule has 23 heavy (non-hydrogen) atoms. The molecule has 122 valence electrons. The molecule has 4 nitrogen and oxygen atoms in total. The minimum atomic E-state index is -0.217. The van der Waals surface area contributed by atoms with Crippen LogP contribution in [0.5, 0.6) is 5.75 Å². The summed E-state index contributed by atoms with van der Waals surface area (Å²) in [5.41, 5.74) is 1.67. The molecular weight excluding hydrogens is 334 g/mol. The van der Waals surface area contributed by atoms with Crippen molar-refractivity contribution >= 4 is 40.3 Å². The van der Waals surface area contributed by atoms with Crippen molar-refractivity contribution in [2.24, 2.45) is 0 Å². The molecule has 0 radical (unpaired) electrons. The Morgan fingerprint density at radius 3 is 2.65 bits per heavy atom. The van der Waals surface area contributed by atoms with Gasteiger partial charge in [0.05, 0.1) is 21.5 Å². The Morgan fingerprint density at radius 1 is 1.22 bits per heavy atom. The summed E-state index contributed by atoms with van der Waals surface area (Å²) in [5, 5.41) is 2.80. The maximum Gasteiger partial charge on any atom is 0.224 e. The van der Waals surface area contributed by atoms with Gasteiger partial charge in [0.1, 0.15) is 5.75 Å². The summed E-state index contributed by atoms with van der Waals surface area (Å²) in [6, 6.07) is 8.94. The van der Waals surface area contributed by atoms with Crippen molar-refractivity contribution in [3.8, 4) is 5.75 Å². The van der Waals surface area contributed by atoms with Crippen molar-refractivity contribution in [3.05, 3.63) is 45.1 Å². The van der Waals surface area contributed by atoms with Crippen molar-refractivity contribution in [2.75, 3.05) is 11.9 Å². The number of carbonyl (C=O) groups is 2. The topological polar surface area (TPSA) is 55.4 Å². The predicted octanol–water partition coefficient (Wildman–Crippen LogP) is 4.71. The second-order valence-corrected chi connectivity index (χ2v) is 6.72. The number of ketones is 1. The molecule has 0 aliphatic rings. The van der Waals surface area contributed by atoms with E-state index in [4.69, 9.17) is 16.3 Å². The van der Waals surface area contributed by atoms with Gasteiger partial charge in [-0.25, -0.2) is 0 Å². The fourth-order valence-corrected chi connectivity index (χ4v) is 3.05. The van der Waals surface area contributed by atoms with Gasteiger partial charge in [0.25, 0.3) is 0 Å². The van der Waals surface area contributed by atoms with Crippen molar-refractivity contribution in [1.82, 2.24) is 0 Å². The Kier molecular flexibility index (Phi) is 6.19. The summed E-state index contributed by atoms with van der Waals surface area (Å²) in [6.07, 6.45) is 0.270. The molecule has 0 aliphatic heterocycles. The predicted molar refractivity (Wildman–Crippen MR) is 93.9 cm³/mol. The highest BCUT2D eigenvalue weighted by molar-refractivity contribution is 7.18. The highest BCUT2D eigenvalue weighted by atomic mass is 35.5. The lowest BCUT2D eigenvalue weighted by Crippen LogP contribution is -2.14. The Bertz CT molecular complexity index is 712. The number of ether oxygens (including phenoxy) is 1. The van der Waals surface area contributed by atoms with Gasteiger partial charge in [-0.3, -0.25) is 9.59 Å². The standard InChI is InChI=1S/C17H18ClNO3S/c1-3-22-14-10-11(2)4-5-12(14)19-17(21)9-6-13(20)15-7-8-16(18)23-15/h4-5,7-8,10H,3,6,9H2,1-2H3,(H,19,21). The van der Waals surface area contributed by atoms with Crippen LogP contribution in [-0.4, -0.2) is 18.3 Å². The highest BCUT2D eigenvalue weighted by Crippen LogP contribution is 2.26.